The van der Waals surface area contributed by atoms with Gasteiger partial charge in [0.05, 0.1) is 0 Å². The van der Waals surface area contributed by atoms with Gasteiger partial charge >= 0.3 is 0 Å². The van der Waals surface area contributed by atoms with Gasteiger partial charge in [0.15, 0.2) is 0 Å². The zero-order chi connectivity index (χ0) is 13.0. The van der Waals surface area contributed by atoms with Crippen molar-refractivity contribution in [3.8, 4) is 5.75 Å². The van der Waals surface area contributed by atoms with Crippen LogP contribution in [0.1, 0.15) is 20.8 Å². The Balaban J connectivity index is 2.28. The third kappa shape index (κ3) is 3.23. The minimum absolute atomic E-state index is 0.192. The molecule has 0 spiro atoms. The van der Waals surface area contributed by atoms with E-state index in [-0.39, 0.29) is 5.04 Å². The Kier molecular flexibility index (Phi) is 3.87. The summed E-state index contributed by atoms with van der Waals surface area (Å²) in [6, 6.07) is 20.7. The molecule has 2 aromatic carbocycles. The fourth-order valence-electron chi connectivity index (χ4n) is 2.01. The number of rotatable bonds is 3. The minimum Gasteiger partial charge on any atom is -0.541 e. The fourth-order valence-corrected chi connectivity index (χ4v) is 4.50. The standard InChI is InChI=1S/C16H20OSi/c1-16(2,3)18(15-12-8-5-9-13-15)17-14-10-6-4-7-11-14/h4-13,18H,1-3H3. The van der Waals surface area contributed by atoms with Crippen molar-refractivity contribution in [2.24, 2.45) is 0 Å². The normalized spacial score (nSPS) is 13.1. The molecule has 0 N–H and O–H groups in total. The molecule has 1 unspecified atom stereocenters. The molecule has 0 saturated heterocycles. The Hall–Kier alpha value is -1.54. The Morgan fingerprint density at radius 1 is 0.778 bits per heavy atom. The third-order valence-electron chi connectivity index (χ3n) is 2.89. The lowest BCUT2D eigenvalue weighted by Gasteiger charge is -2.29. The molecular weight excluding hydrogens is 236 g/mol. The van der Waals surface area contributed by atoms with Crippen molar-refractivity contribution in [1.82, 2.24) is 0 Å². The van der Waals surface area contributed by atoms with Crippen molar-refractivity contribution in [3.05, 3.63) is 60.7 Å². The molecule has 0 amide bonds. The van der Waals surface area contributed by atoms with Crippen molar-refractivity contribution < 1.29 is 4.43 Å². The number of hydrogen-bond acceptors (Lipinski definition) is 1. The molecule has 2 heteroatoms. The lowest BCUT2D eigenvalue weighted by atomic mass is 10.2. The van der Waals surface area contributed by atoms with Crippen molar-refractivity contribution in [2.45, 2.75) is 25.8 Å². The smallest absolute Gasteiger partial charge is 0.272 e. The Labute approximate surface area is 111 Å². The molecule has 2 aromatic rings. The summed E-state index contributed by atoms with van der Waals surface area (Å²) < 4.78 is 6.30. The van der Waals surface area contributed by atoms with Crippen LogP contribution in [0.5, 0.6) is 5.75 Å². The van der Waals surface area contributed by atoms with E-state index in [0.29, 0.717) is 0 Å². The molecule has 94 valence electrons. The highest BCUT2D eigenvalue weighted by atomic mass is 28.3. The van der Waals surface area contributed by atoms with Gasteiger partial charge in [-0.3, -0.25) is 0 Å². The van der Waals surface area contributed by atoms with Crippen LogP contribution in [-0.2, 0) is 0 Å². The molecule has 0 aliphatic carbocycles. The molecule has 2 rings (SSSR count). The largest absolute Gasteiger partial charge is 0.541 e. The first-order valence-electron chi connectivity index (χ1n) is 6.34. The van der Waals surface area contributed by atoms with Gasteiger partial charge in [-0.2, -0.15) is 0 Å². The summed E-state index contributed by atoms with van der Waals surface area (Å²) in [6.07, 6.45) is 0. The van der Waals surface area contributed by atoms with E-state index in [1.54, 1.807) is 0 Å². The van der Waals surface area contributed by atoms with E-state index in [0.717, 1.165) is 5.75 Å². The SMILES string of the molecule is CC(C)(C)[SiH](Oc1ccccc1)c1ccccc1. The molecule has 0 aliphatic heterocycles. The maximum Gasteiger partial charge on any atom is 0.272 e. The van der Waals surface area contributed by atoms with Crippen LogP contribution < -0.4 is 9.61 Å². The van der Waals surface area contributed by atoms with Crippen molar-refractivity contribution >= 4 is 14.2 Å². The second-order valence-electron chi connectivity index (χ2n) is 5.59. The molecule has 0 aromatic heterocycles. The lowest BCUT2D eigenvalue weighted by molar-refractivity contribution is 0.527. The predicted molar refractivity (Wildman–Crippen MR) is 80.0 cm³/mol. The minimum atomic E-state index is -1.51. The van der Waals surface area contributed by atoms with Gasteiger partial charge in [0.2, 0.25) is 0 Å². The summed E-state index contributed by atoms with van der Waals surface area (Å²) in [7, 11) is -1.51. The maximum absolute atomic E-state index is 6.30. The highest BCUT2D eigenvalue weighted by Crippen LogP contribution is 2.28. The topological polar surface area (TPSA) is 9.23 Å². The number of benzene rings is 2. The van der Waals surface area contributed by atoms with E-state index in [4.69, 9.17) is 4.43 Å². The van der Waals surface area contributed by atoms with E-state index in [1.807, 2.05) is 30.3 Å². The Morgan fingerprint density at radius 3 is 1.78 bits per heavy atom. The number of hydrogen-bond donors (Lipinski definition) is 0. The first-order valence-corrected chi connectivity index (χ1v) is 7.96. The highest BCUT2D eigenvalue weighted by molar-refractivity contribution is 6.70. The van der Waals surface area contributed by atoms with Crippen molar-refractivity contribution in [1.29, 1.82) is 0 Å². The second kappa shape index (κ2) is 5.40. The number of para-hydroxylation sites is 1. The van der Waals surface area contributed by atoms with E-state index in [2.05, 4.69) is 51.1 Å². The van der Waals surface area contributed by atoms with Gasteiger partial charge in [0, 0.05) is 0 Å². The van der Waals surface area contributed by atoms with Crippen LogP contribution in [0.2, 0.25) is 5.04 Å². The lowest BCUT2D eigenvalue weighted by Crippen LogP contribution is -2.44. The summed E-state index contributed by atoms with van der Waals surface area (Å²) >= 11 is 0. The maximum atomic E-state index is 6.30. The van der Waals surface area contributed by atoms with Gasteiger partial charge in [-0.05, 0) is 22.4 Å². The third-order valence-corrected chi connectivity index (χ3v) is 5.96. The molecule has 1 atom stereocenters. The average molecular weight is 256 g/mol. The van der Waals surface area contributed by atoms with Gasteiger partial charge in [0.1, 0.15) is 5.75 Å². The van der Waals surface area contributed by atoms with E-state index in [1.165, 1.54) is 5.19 Å². The van der Waals surface area contributed by atoms with Crippen LogP contribution in [0, 0.1) is 0 Å². The summed E-state index contributed by atoms with van der Waals surface area (Å²) in [6.45, 7) is 6.79. The highest BCUT2D eigenvalue weighted by Gasteiger charge is 2.31. The van der Waals surface area contributed by atoms with Gasteiger partial charge in [-0.25, -0.2) is 0 Å². The first-order chi connectivity index (χ1) is 8.57. The Morgan fingerprint density at radius 2 is 1.28 bits per heavy atom. The molecule has 0 heterocycles. The van der Waals surface area contributed by atoms with Crippen LogP contribution >= 0.6 is 0 Å². The second-order valence-corrected chi connectivity index (χ2v) is 8.98. The monoisotopic (exact) mass is 256 g/mol. The van der Waals surface area contributed by atoms with Gasteiger partial charge in [0.25, 0.3) is 9.04 Å². The molecule has 0 fully saturated rings. The summed E-state index contributed by atoms with van der Waals surface area (Å²) in [5, 5.41) is 1.55. The van der Waals surface area contributed by atoms with Crippen LogP contribution in [-0.4, -0.2) is 9.04 Å². The fraction of sp³-hybridized carbons (Fsp3) is 0.250. The molecule has 0 saturated carbocycles. The molecule has 0 radical (unpaired) electrons. The molecule has 1 nitrogen and oxygen atoms in total. The van der Waals surface area contributed by atoms with Gasteiger partial charge in [-0.15, -0.1) is 0 Å². The zero-order valence-corrected chi connectivity index (χ0v) is 12.4. The van der Waals surface area contributed by atoms with E-state index in [9.17, 15) is 0 Å². The van der Waals surface area contributed by atoms with Gasteiger partial charge in [-0.1, -0.05) is 69.3 Å². The zero-order valence-electron chi connectivity index (χ0n) is 11.3. The van der Waals surface area contributed by atoms with Crippen LogP contribution in [0.4, 0.5) is 0 Å². The van der Waals surface area contributed by atoms with E-state index >= 15 is 0 Å². The predicted octanol–water partition coefficient (Wildman–Crippen LogP) is 3.50. The summed E-state index contributed by atoms with van der Waals surface area (Å²) in [5.41, 5.74) is 0. The van der Waals surface area contributed by atoms with Crippen molar-refractivity contribution in [3.63, 3.8) is 0 Å². The van der Waals surface area contributed by atoms with Crippen LogP contribution in [0.15, 0.2) is 60.7 Å². The van der Waals surface area contributed by atoms with Crippen molar-refractivity contribution in [2.75, 3.05) is 0 Å². The Bertz CT molecular complexity index is 473. The quantitative estimate of drug-likeness (QED) is 0.764. The molecule has 18 heavy (non-hydrogen) atoms. The summed E-state index contributed by atoms with van der Waals surface area (Å²) in [5.74, 6) is 0.980. The first kappa shape index (κ1) is 12.9. The molecule has 0 bridgehead atoms. The average Bonchev–Trinajstić information content (AvgIpc) is 2.37. The summed E-state index contributed by atoms with van der Waals surface area (Å²) in [4.78, 5) is 0. The molecule has 0 aliphatic rings. The van der Waals surface area contributed by atoms with Gasteiger partial charge < -0.3 is 4.43 Å². The van der Waals surface area contributed by atoms with E-state index < -0.39 is 9.04 Å². The van der Waals surface area contributed by atoms with Crippen LogP contribution in [0.25, 0.3) is 0 Å². The molecular formula is C16H20OSi. The van der Waals surface area contributed by atoms with Crippen LogP contribution in [0.3, 0.4) is 0 Å².